The number of nitrogens with two attached hydrogens (primary N) is 1. The molecule has 19 heavy (non-hydrogen) atoms. The molecule has 0 spiro atoms. The highest BCUT2D eigenvalue weighted by molar-refractivity contribution is 6.05. The summed E-state index contributed by atoms with van der Waals surface area (Å²) in [6.45, 7) is 7.11. The monoisotopic (exact) mass is 256 g/mol. The standard InChI is InChI=1S/C13H16N6/c1-4-19-11-8(3)5-7(2)6-9(11)10-12(19)15-13(16-14)18-17-10/h5-6H,4,14H2,1-3H3,(H,15,16,18). The van der Waals surface area contributed by atoms with E-state index < -0.39 is 0 Å². The Hall–Kier alpha value is -2.21. The molecule has 0 aliphatic rings. The molecule has 1 aromatic carbocycles. The lowest BCUT2D eigenvalue weighted by molar-refractivity contribution is 0.808. The molecule has 6 heteroatoms. The summed E-state index contributed by atoms with van der Waals surface area (Å²) in [5.74, 6) is 5.69. The van der Waals surface area contributed by atoms with Crippen LogP contribution < -0.4 is 11.3 Å². The Balaban J connectivity index is 2.53. The zero-order chi connectivity index (χ0) is 13.6. The molecule has 0 amide bonds. The van der Waals surface area contributed by atoms with Gasteiger partial charge >= 0.3 is 0 Å². The Kier molecular flexibility index (Phi) is 2.60. The number of hydrazine groups is 1. The summed E-state index contributed by atoms with van der Waals surface area (Å²) in [5, 5.41) is 9.32. The zero-order valence-electron chi connectivity index (χ0n) is 11.2. The van der Waals surface area contributed by atoms with Crippen LogP contribution in [0.5, 0.6) is 0 Å². The minimum absolute atomic E-state index is 0.333. The zero-order valence-corrected chi connectivity index (χ0v) is 11.2. The van der Waals surface area contributed by atoms with E-state index in [0.29, 0.717) is 5.95 Å². The lowest BCUT2D eigenvalue weighted by Gasteiger charge is -2.05. The first kappa shape index (κ1) is 11.9. The third kappa shape index (κ3) is 1.64. The summed E-state index contributed by atoms with van der Waals surface area (Å²) < 4.78 is 2.15. The molecule has 0 fully saturated rings. The van der Waals surface area contributed by atoms with Crippen LogP contribution in [0, 0.1) is 13.8 Å². The molecule has 0 bridgehead atoms. The topological polar surface area (TPSA) is 81.7 Å². The molecule has 0 radical (unpaired) electrons. The van der Waals surface area contributed by atoms with E-state index in [1.54, 1.807) is 0 Å². The quantitative estimate of drug-likeness (QED) is 0.540. The number of hydrogen-bond acceptors (Lipinski definition) is 5. The van der Waals surface area contributed by atoms with Gasteiger partial charge in [0.05, 0.1) is 5.52 Å². The first-order valence-electron chi connectivity index (χ1n) is 6.26. The van der Waals surface area contributed by atoms with E-state index in [0.717, 1.165) is 23.1 Å². The fourth-order valence-corrected chi connectivity index (χ4v) is 2.65. The van der Waals surface area contributed by atoms with Gasteiger partial charge in [-0.3, -0.25) is 5.43 Å². The number of aromatic nitrogens is 4. The Morgan fingerprint density at radius 3 is 2.74 bits per heavy atom. The van der Waals surface area contributed by atoms with E-state index in [2.05, 4.69) is 58.1 Å². The molecule has 2 aromatic heterocycles. The van der Waals surface area contributed by atoms with Crippen LogP contribution in [0.15, 0.2) is 12.1 Å². The highest BCUT2D eigenvalue weighted by Gasteiger charge is 2.15. The third-order valence-electron chi connectivity index (χ3n) is 3.34. The minimum Gasteiger partial charge on any atom is -0.324 e. The molecule has 3 N–H and O–H groups in total. The second-order valence-electron chi connectivity index (χ2n) is 4.67. The van der Waals surface area contributed by atoms with Crippen molar-refractivity contribution in [2.75, 3.05) is 5.43 Å². The molecule has 0 atom stereocenters. The van der Waals surface area contributed by atoms with E-state index in [9.17, 15) is 0 Å². The highest BCUT2D eigenvalue weighted by Crippen LogP contribution is 2.29. The molecule has 0 saturated carbocycles. The third-order valence-corrected chi connectivity index (χ3v) is 3.34. The number of nitrogens with zero attached hydrogens (tertiary/aromatic N) is 4. The fraction of sp³-hybridized carbons (Fsp3) is 0.308. The average Bonchev–Trinajstić information content (AvgIpc) is 2.71. The summed E-state index contributed by atoms with van der Waals surface area (Å²) in [6.07, 6.45) is 0. The molecule has 98 valence electrons. The van der Waals surface area contributed by atoms with Crippen molar-refractivity contribution >= 4 is 28.0 Å². The van der Waals surface area contributed by atoms with Crippen molar-refractivity contribution in [1.29, 1.82) is 0 Å². The number of hydrogen-bond donors (Lipinski definition) is 2. The molecule has 3 rings (SSSR count). The van der Waals surface area contributed by atoms with Crippen molar-refractivity contribution in [3.8, 4) is 0 Å². The summed E-state index contributed by atoms with van der Waals surface area (Å²) in [4.78, 5) is 4.43. The molecule has 0 unspecified atom stereocenters. The average molecular weight is 256 g/mol. The van der Waals surface area contributed by atoms with E-state index in [1.165, 1.54) is 16.6 Å². The highest BCUT2D eigenvalue weighted by atomic mass is 15.4. The first-order valence-corrected chi connectivity index (χ1v) is 6.26. The summed E-state index contributed by atoms with van der Waals surface area (Å²) in [6, 6.07) is 4.30. The van der Waals surface area contributed by atoms with Crippen LogP contribution in [0.1, 0.15) is 18.1 Å². The van der Waals surface area contributed by atoms with Gasteiger partial charge in [-0.1, -0.05) is 11.6 Å². The SMILES string of the molecule is CCn1c2nc(NN)nnc2c2cc(C)cc(C)c21. The van der Waals surface area contributed by atoms with Crippen molar-refractivity contribution in [2.24, 2.45) is 5.84 Å². The van der Waals surface area contributed by atoms with Crippen LogP contribution >= 0.6 is 0 Å². The normalized spacial score (nSPS) is 11.4. The molecule has 3 aromatic rings. The number of aryl methyl sites for hydroxylation is 3. The lowest BCUT2D eigenvalue weighted by Crippen LogP contribution is -2.11. The number of benzene rings is 1. The number of nitrogens with one attached hydrogen (secondary N) is 1. The van der Waals surface area contributed by atoms with E-state index in [1.807, 2.05) is 0 Å². The van der Waals surface area contributed by atoms with Gasteiger partial charge in [0.1, 0.15) is 5.52 Å². The maximum atomic E-state index is 5.36. The van der Waals surface area contributed by atoms with Gasteiger partial charge in [0.25, 0.3) is 5.95 Å². The van der Waals surface area contributed by atoms with Gasteiger partial charge in [0, 0.05) is 11.9 Å². The van der Waals surface area contributed by atoms with E-state index in [4.69, 9.17) is 5.84 Å². The van der Waals surface area contributed by atoms with Crippen LogP contribution in [-0.4, -0.2) is 19.7 Å². The summed E-state index contributed by atoms with van der Waals surface area (Å²) >= 11 is 0. The second-order valence-corrected chi connectivity index (χ2v) is 4.67. The molecule has 2 heterocycles. The van der Waals surface area contributed by atoms with Crippen LogP contribution in [0.4, 0.5) is 5.95 Å². The van der Waals surface area contributed by atoms with Crippen LogP contribution in [0.3, 0.4) is 0 Å². The smallest absolute Gasteiger partial charge is 0.258 e. The van der Waals surface area contributed by atoms with Gasteiger partial charge < -0.3 is 4.57 Å². The van der Waals surface area contributed by atoms with Gasteiger partial charge in [0.15, 0.2) is 5.65 Å². The van der Waals surface area contributed by atoms with Gasteiger partial charge in [-0.15, -0.1) is 10.2 Å². The van der Waals surface area contributed by atoms with E-state index in [-0.39, 0.29) is 0 Å². The van der Waals surface area contributed by atoms with Crippen molar-refractivity contribution < 1.29 is 0 Å². The van der Waals surface area contributed by atoms with Gasteiger partial charge in [0.2, 0.25) is 0 Å². The minimum atomic E-state index is 0.333. The first-order chi connectivity index (χ1) is 9.15. The number of rotatable bonds is 2. The second kappa shape index (κ2) is 4.17. The van der Waals surface area contributed by atoms with Crippen LogP contribution in [0.25, 0.3) is 22.1 Å². The van der Waals surface area contributed by atoms with Crippen LogP contribution in [0.2, 0.25) is 0 Å². The molecule has 0 saturated heterocycles. The van der Waals surface area contributed by atoms with Crippen molar-refractivity contribution in [3.63, 3.8) is 0 Å². The van der Waals surface area contributed by atoms with Crippen molar-refractivity contribution in [2.45, 2.75) is 27.3 Å². The maximum Gasteiger partial charge on any atom is 0.258 e. The molecular weight excluding hydrogens is 240 g/mol. The summed E-state index contributed by atoms with van der Waals surface area (Å²) in [5.41, 5.74) is 7.68. The lowest BCUT2D eigenvalue weighted by atomic mass is 10.1. The maximum absolute atomic E-state index is 5.36. The largest absolute Gasteiger partial charge is 0.324 e. The molecule has 0 aliphatic heterocycles. The fourth-order valence-electron chi connectivity index (χ4n) is 2.65. The Labute approximate surface area is 110 Å². The Morgan fingerprint density at radius 2 is 2.05 bits per heavy atom. The predicted octanol–water partition coefficient (Wildman–Crippen LogP) is 1.90. The van der Waals surface area contributed by atoms with Crippen molar-refractivity contribution in [1.82, 2.24) is 19.7 Å². The van der Waals surface area contributed by atoms with Gasteiger partial charge in [-0.25, -0.2) is 5.84 Å². The van der Waals surface area contributed by atoms with Gasteiger partial charge in [-0.05, 0) is 32.4 Å². The predicted molar refractivity (Wildman–Crippen MR) is 75.8 cm³/mol. The molecule has 0 aliphatic carbocycles. The van der Waals surface area contributed by atoms with Gasteiger partial charge in [-0.2, -0.15) is 4.98 Å². The summed E-state index contributed by atoms with van der Waals surface area (Å²) in [7, 11) is 0. The van der Waals surface area contributed by atoms with Crippen LogP contribution in [-0.2, 0) is 6.54 Å². The van der Waals surface area contributed by atoms with Crippen molar-refractivity contribution in [3.05, 3.63) is 23.3 Å². The number of fused-ring (bicyclic) bond motifs is 3. The van der Waals surface area contributed by atoms with E-state index >= 15 is 0 Å². The molecular formula is C13H16N6. The Morgan fingerprint density at radius 1 is 1.26 bits per heavy atom. The number of nitrogen functional groups attached to an aromatic ring is 1. The Bertz CT molecular complexity index is 774. The molecule has 6 nitrogen and oxygen atoms in total. The number of anilines is 1.